The van der Waals surface area contributed by atoms with E-state index < -0.39 is 11.5 Å². The summed E-state index contributed by atoms with van der Waals surface area (Å²) in [6.07, 6.45) is 3.08. The maximum absolute atomic E-state index is 12.9. The molecular formula is C20H28O4. The van der Waals surface area contributed by atoms with Crippen molar-refractivity contribution in [2.45, 2.75) is 59.5 Å². The van der Waals surface area contributed by atoms with Gasteiger partial charge in [0.15, 0.2) is 11.6 Å². The molecule has 0 amide bonds. The standard InChI is InChI=1S/C20H28O4/c1-11(2)17-15(23)9-19(3)5-6-20(4)13(18(17)19)8-14(22)12(10-21)7-16(20)24/h7,11,13-14,21-22H,5-6,8-10H2,1-4H3/t13-,14-,19+,20-/m1/s1. The Balaban J connectivity index is 2.18. The third kappa shape index (κ3) is 2.34. The van der Waals surface area contributed by atoms with Crippen molar-refractivity contribution in [1.82, 2.24) is 0 Å². The average molecular weight is 332 g/mol. The van der Waals surface area contributed by atoms with Crippen molar-refractivity contribution in [3.05, 3.63) is 22.8 Å². The predicted octanol–water partition coefficient (Wildman–Crippen LogP) is 2.59. The summed E-state index contributed by atoms with van der Waals surface area (Å²) in [5.74, 6) is 0.165. The maximum Gasteiger partial charge on any atom is 0.162 e. The van der Waals surface area contributed by atoms with Gasteiger partial charge in [0.05, 0.1) is 12.7 Å². The van der Waals surface area contributed by atoms with Gasteiger partial charge in [0.1, 0.15) is 0 Å². The van der Waals surface area contributed by atoms with Crippen LogP contribution in [0.25, 0.3) is 0 Å². The number of rotatable bonds is 2. The molecule has 24 heavy (non-hydrogen) atoms. The van der Waals surface area contributed by atoms with Crippen molar-refractivity contribution >= 4 is 11.6 Å². The largest absolute Gasteiger partial charge is 0.392 e. The third-order valence-electron chi connectivity index (χ3n) is 6.63. The molecule has 0 bridgehead atoms. The van der Waals surface area contributed by atoms with E-state index in [1.54, 1.807) is 0 Å². The van der Waals surface area contributed by atoms with Crippen LogP contribution in [0.3, 0.4) is 0 Å². The predicted molar refractivity (Wildman–Crippen MR) is 91.2 cm³/mol. The van der Waals surface area contributed by atoms with E-state index in [9.17, 15) is 19.8 Å². The minimum atomic E-state index is -0.829. The van der Waals surface area contributed by atoms with Crippen LogP contribution in [0.1, 0.15) is 53.4 Å². The summed E-state index contributed by atoms with van der Waals surface area (Å²) in [6.45, 7) is 7.87. The van der Waals surface area contributed by atoms with Crippen LogP contribution in [0.4, 0.5) is 0 Å². The highest BCUT2D eigenvalue weighted by molar-refractivity contribution is 6.02. The first-order chi connectivity index (χ1) is 11.1. The highest BCUT2D eigenvalue weighted by Crippen LogP contribution is 2.61. The van der Waals surface area contributed by atoms with Crippen molar-refractivity contribution in [3.63, 3.8) is 0 Å². The number of hydrogen-bond donors (Lipinski definition) is 2. The summed E-state index contributed by atoms with van der Waals surface area (Å²) in [5.41, 5.74) is 1.59. The van der Waals surface area contributed by atoms with E-state index in [0.29, 0.717) is 18.4 Å². The molecule has 3 rings (SSSR count). The van der Waals surface area contributed by atoms with E-state index in [4.69, 9.17) is 0 Å². The molecule has 3 aliphatic carbocycles. The molecule has 4 nitrogen and oxygen atoms in total. The summed E-state index contributed by atoms with van der Waals surface area (Å²) in [6, 6.07) is 0. The maximum atomic E-state index is 12.9. The van der Waals surface area contributed by atoms with Crippen LogP contribution in [0.2, 0.25) is 0 Å². The van der Waals surface area contributed by atoms with Gasteiger partial charge < -0.3 is 10.2 Å². The number of aliphatic hydroxyl groups is 2. The molecule has 0 radical (unpaired) electrons. The minimum absolute atomic E-state index is 0.0231. The molecule has 0 heterocycles. The van der Waals surface area contributed by atoms with Gasteiger partial charge in [-0.15, -0.1) is 0 Å². The van der Waals surface area contributed by atoms with Crippen LogP contribution in [0, 0.1) is 22.7 Å². The second-order valence-corrected chi connectivity index (χ2v) is 8.61. The van der Waals surface area contributed by atoms with E-state index in [-0.39, 0.29) is 35.4 Å². The Bertz CT molecular complexity index is 657. The number of aliphatic hydroxyl groups excluding tert-OH is 2. The molecular weight excluding hydrogens is 304 g/mol. The molecule has 3 aliphatic rings. The zero-order valence-electron chi connectivity index (χ0n) is 15.1. The first kappa shape index (κ1) is 17.6. The lowest BCUT2D eigenvalue weighted by Gasteiger charge is -2.48. The molecule has 4 atom stereocenters. The first-order valence-electron chi connectivity index (χ1n) is 8.95. The minimum Gasteiger partial charge on any atom is -0.392 e. The second kappa shape index (κ2) is 5.63. The summed E-state index contributed by atoms with van der Waals surface area (Å²) < 4.78 is 0. The molecule has 4 heteroatoms. The fraction of sp³-hybridized carbons (Fsp3) is 0.700. The van der Waals surface area contributed by atoms with E-state index in [2.05, 4.69) is 6.92 Å². The fourth-order valence-electron chi connectivity index (χ4n) is 5.14. The summed E-state index contributed by atoms with van der Waals surface area (Å²) >= 11 is 0. The Morgan fingerprint density at radius 1 is 1.25 bits per heavy atom. The lowest BCUT2D eigenvalue weighted by Crippen LogP contribution is -2.44. The van der Waals surface area contributed by atoms with Gasteiger partial charge in [0.2, 0.25) is 0 Å². The number of allylic oxidation sites excluding steroid dienone is 3. The quantitative estimate of drug-likeness (QED) is 0.815. The third-order valence-corrected chi connectivity index (χ3v) is 6.63. The van der Waals surface area contributed by atoms with Crippen molar-refractivity contribution in [2.24, 2.45) is 22.7 Å². The van der Waals surface area contributed by atoms with Crippen molar-refractivity contribution in [3.8, 4) is 0 Å². The molecule has 0 spiro atoms. The molecule has 0 aromatic carbocycles. The second-order valence-electron chi connectivity index (χ2n) is 8.61. The van der Waals surface area contributed by atoms with E-state index in [1.807, 2.05) is 20.8 Å². The van der Waals surface area contributed by atoms with Crippen molar-refractivity contribution in [2.75, 3.05) is 6.61 Å². The smallest absolute Gasteiger partial charge is 0.162 e. The molecule has 132 valence electrons. The van der Waals surface area contributed by atoms with E-state index in [1.165, 1.54) is 6.08 Å². The Hall–Kier alpha value is -1.26. The molecule has 1 saturated carbocycles. The average Bonchev–Trinajstić information content (AvgIpc) is 2.73. The number of fused-ring (bicyclic) bond motifs is 3. The Morgan fingerprint density at radius 2 is 1.92 bits per heavy atom. The number of ketones is 2. The van der Waals surface area contributed by atoms with Crippen LogP contribution < -0.4 is 0 Å². The van der Waals surface area contributed by atoms with Gasteiger partial charge in [-0.25, -0.2) is 0 Å². The van der Waals surface area contributed by atoms with Gasteiger partial charge in [-0.1, -0.05) is 33.3 Å². The SMILES string of the molecule is CC(C)C1=C2[C@H]3C[C@@H](O)C(CO)=CC(=O)[C@]3(C)CC[C@@]2(C)CC1=O. The molecule has 0 unspecified atom stereocenters. The molecule has 0 saturated heterocycles. The first-order valence-corrected chi connectivity index (χ1v) is 8.95. The van der Waals surface area contributed by atoms with Crippen LogP contribution in [-0.2, 0) is 9.59 Å². The fourth-order valence-corrected chi connectivity index (χ4v) is 5.14. The summed E-state index contributed by atoms with van der Waals surface area (Å²) in [7, 11) is 0. The van der Waals surface area contributed by atoms with Gasteiger partial charge in [-0.2, -0.15) is 0 Å². The number of carbonyl (C=O) groups excluding carboxylic acids is 2. The van der Waals surface area contributed by atoms with Crippen molar-refractivity contribution < 1.29 is 19.8 Å². The van der Waals surface area contributed by atoms with Crippen LogP contribution in [0.15, 0.2) is 22.8 Å². The molecule has 1 fully saturated rings. The van der Waals surface area contributed by atoms with Gasteiger partial charge >= 0.3 is 0 Å². The zero-order valence-corrected chi connectivity index (χ0v) is 15.1. The van der Waals surface area contributed by atoms with Gasteiger partial charge in [-0.05, 0) is 53.7 Å². The normalized spacial score (nSPS) is 39.7. The molecule has 0 aromatic rings. The monoisotopic (exact) mass is 332 g/mol. The molecule has 0 aliphatic heterocycles. The van der Waals surface area contributed by atoms with Crippen LogP contribution >= 0.6 is 0 Å². The number of hydrogen-bond acceptors (Lipinski definition) is 4. The van der Waals surface area contributed by atoms with Gasteiger partial charge in [-0.3, -0.25) is 9.59 Å². The van der Waals surface area contributed by atoms with E-state index >= 15 is 0 Å². The van der Waals surface area contributed by atoms with Crippen LogP contribution in [-0.4, -0.2) is 34.5 Å². The topological polar surface area (TPSA) is 74.6 Å². The zero-order chi connectivity index (χ0) is 17.9. The van der Waals surface area contributed by atoms with Crippen LogP contribution in [0.5, 0.6) is 0 Å². The van der Waals surface area contributed by atoms with Gasteiger partial charge in [0, 0.05) is 11.8 Å². The lowest BCUT2D eigenvalue weighted by atomic mass is 9.54. The Morgan fingerprint density at radius 3 is 2.50 bits per heavy atom. The number of Topliss-reactive ketones (excluding diaryl/α,β-unsaturated/α-hetero) is 1. The Labute approximate surface area is 143 Å². The summed E-state index contributed by atoms with van der Waals surface area (Å²) in [4.78, 5) is 25.6. The number of carbonyl (C=O) groups is 2. The lowest BCUT2D eigenvalue weighted by molar-refractivity contribution is -0.127. The molecule has 0 aromatic heterocycles. The Kier molecular flexibility index (Phi) is 4.12. The van der Waals surface area contributed by atoms with E-state index in [0.717, 1.165) is 24.0 Å². The molecule has 2 N–H and O–H groups in total. The summed E-state index contributed by atoms with van der Waals surface area (Å²) in [5, 5.41) is 20.0. The highest BCUT2D eigenvalue weighted by Gasteiger charge is 2.57. The highest BCUT2D eigenvalue weighted by atomic mass is 16.3. The van der Waals surface area contributed by atoms with Gasteiger partial charge in [0.25, 0.3) is 0 Å². The van der Waals surface area contributed by atoms with Crippen molar-refractivity contribution in [1.29, 1.82) is 0 Å².